The molecule has 0 fully saturated rings. The lowest BCUT2D eigenvalue weighted by molar-refractivity contribution is 0.0915. The van der Waals surface area contributed by atoms with Gasteiger partial charge in [-0.15, -0.1) is 0 Å². The molecule has 0 aliphatic heterocycles. The van der Waals surface area contributed by atoms with Crippen LogP contribution in [0.2, 0.25) is 0 Å². The van der Waals surface area contributed by atoms with Gasteiger partial charge < -0.3 is 24.4 Å². The predicted molar refractivity (Wildman–Crippen MR) is 95.8 cm³/mol. The van der Waals surface area contributed by atoms with E-state index in [2.05, 4.69) is 29.5 Å². The van der Waals surface area contributed by atoms with Crippen molar-refractivity contribution in [3.05, 3.63) is 42.4 Å². The Morgan fingerprint density at radius 2 is 2.15 bits per heavy atom. The van der Waals surface area contributed by atoms with Crippen LogP contribution in [0.3, 0.4) is 0 Å². The SMILES string of the molecule is CCOC(=O)NC(CNC(=O)c1ccc(Cn2ccnc2)o1)CC(C)C. The van der Waals surface area contributed by atoms with Crippen LogP contribution < -0.4 is 10.6 Å². The zero-order chi connectivity index (χ0) is 18.9. The van der Waals surface area contributed by atoms with Gasteiger partial charge in [0.15, 0.2) is 5.76 Å². The topological polar surface area (TPSA) is 98.4 Å². The average Bonchev–Trinajstić information content (AvgIpc) is 3.24. The smallest absolute Gasteiger partial charge is 0.407 e. The van der Waals surface area contributed by atoms with E-state index < -0.39 is 6.09 Å². The maximum Gasteiger partial charge on any atom is 0.407 e. The Hall–Kier alpha value is -2.77. The number of carbonyl (C=O) groups is 2. The van der Waals surface area contributed by atoms with Crippen molar-refractivity contribution >= 4 is 12.0 Å². The number of aromatic nitrogens is 2. The molecule has 1 unspecified atom stereocenters. The van der Waals surface area contributed by atoms with Gasteiger partial charge in [-0.25, -0.2) is 9.78 Å². The summed E-state index contributed by atoms with van der Waals surface area (Å²) in [4.78, 5) is 27.9. The van der Waals surface area contributed by atoms with E-state index in [0.717, 1.165) is 6.42 Å². The Kier molecular flexibility index (Phi) is 7.25. The minimum absolute atomic E-state index is 0.210. The molecule has 2 aromatic heterocycles. The Balaban J connectivity index is 1.88. The van der Waals surface area contributed by atoms with Crippen molar-refractivity contribution in [2.24, 2.45) is 5.92 Å². The number of nitrogens with zero attached hydrogens (tertiary/aromatic N) is 2. The lowest BCUT2D eigenvalue weighted by Crippen LogP contribution is -2.44. The maximum absolute atomic E-state index is 12.3. The summed E-state index contributed by atoms with van der Waals surface area (Å²) >= 11 is 0. The fourth-order valence-corrected chi connectivity index (χ4v) is 2.55. The van der Waals surface area contributed by atoms with Gasteiger partial charge in [-0.3, -0.25) is 4.79 Å². The van der Waals surface area contributed by atoms with Crippen LogP contribution in [0.4, 0.5) is 4.79 Å². The Labute approximate surface area is 152 Å². The molecule has 2 N–H and O–H groups in total. The molecule has 0 aromatic carbocycles. The predicted octanol–water partition coefficient (Wildman–Crippen LogP) is 2.41. The second kappa shape index (κ2) is 9.65. The van der Waals surface area contributed by atoms with Crippen LogP contribution in [0.25, 0.3) is 0 Å². The van der Waals surface area contributed by atoms with Gasteiger partial charge >= 0.3 is 6.09 Å². The highest BCUT2D eigenvalue weighted by Crippen LogP contribution is 2.10. The molecule has 1 atom stereocenters. The Morgan fingerprint density at radius 1 is 1.35 bits per heavy atom. The Bertz CT molecular complexity index is 694. The van der Waals surface area contributed by atoms with Gasteiger partial charge in [-0.05, 0) is 31.4 Å². The minimum Gasteiger partial charge on any atom is -0.454 e. The third-order valence-electron chi connectivity index (χ3n) is 3.65. The van der Waals surface area contributed by atoms with Crippen molar-refractivity contribution in [2.45, 2.75) is 39.8 Å². The molecule has 0 saturated carbocycles. The van der Waals surface area contributed by atoms with Crippen LogP contribution in [0.1, 0.15) is 43.5 Å². The normalized spacial score (nSPS) is 12.0. The first-order valence-electron chi connectivity index (χ1n) is 8.73. The molecule has 0 aliphatic carbocycles. The molecule has 2 aromatic rings. The summed E-state index contributed by atoms with van der Waals surface area (Å²) in [5, 5.41) is 5.58. The molecule has 0 bridgehead atoms. The first-order chi connectivity index (χ1) is 12.5. The van der Waals surface area contributed by atoms with Crippen LogP contribution in [0, 0.1) is 5.92 Å². The summed E-state index contributed by atoms with van der Waals surface area (Å²) in [5.41, 5.74) is 0. The number of imidazole rings is 1. The molecule has 2 rings (SSSR count). The number of hydrogen-bond donors (Lipinski definition) is 2. The third kappa shape index (κ3) is 6.27. The first-order valence-corrected chi connectivity index (χ1v) is 8.73. The number of carbonyl (C=O) groups excluding carboxylic acids is 2. The van der Waals surface area contributed by atoms with E-state index in [4.69, 9.17) is 9.15 Å². The summed E-state index contributed by atoms with van der Waals surface area (Å²) in [7, 11) is 0. The van der Waals surface area contributed by atoms with E-state index in [9.17, 15) is 9.59 Å². The van der Waals surface area contributed by atoms with Crippen LogP contribution in [0.15, 0.2) is 35.3 Å². The minimum atomic E-state index is -0.479. The van der Waals surface area contributed by atoms with Gasteiger partial charge in [-0.2, -0.15) is 0 Å². The quantitative estimate of drug-likeness (QED) is 0.714. The summed E-state index contributed by atoms with van der Waals surface area (Å²) in [6, 6.07) is 3.19. The fraction of sp³-hybridized carbons (Fsp3) is 0.500. The van der Waals surface area contributed by atoms with Gasteiger partial charge in [0.2, 0.25) is 0 Å². The van der Waals surface area contributed by atoms with Gasteiger partial charge in [0, 0.05) is 25.0 Å². The van der Waals surface area contributed by atoms with Gasteiger partial charge in [0.1, 0.15) is 5.76 Å². The van der Waals surface area contributed by atoms with Crippen molar-refractivity contribution in [3.63, 3.8) is 0 Å². The van der Waals surface area contributed by atoms with Crippen LogP contribution in [-0.4, -0.2) is 40.7 Å². The van der Waals surface area contributed by atoms with Gasteiger partial charge in [-0.1, -0.05) is 13.8 Å². The molecule has 0 spiro atoms. The number of ether oxygens (including phenoxy) is 1. The van der Waals surface area contributed by atoms with E-state index in [1.54, 1.807) is 31.6 Å². The zero-order valence-corrected chi connectivity index (χ0v) is 15.4. The van der Waals surface area contributed by atoms with Crippen molar-refractivity contribution < 1.29 is 18.7 Å². The van der Waals surface area contributed by atoms with Crippen molar-refractivity contribution in [3.8, 4) is 0 Å². The van der Waals surface area contributed by atoms with Crippen LogP contribution >= 0.6 is 0 Å². The molecular weight excluding hydrogens is 336 g/mol. The third-order valence-corrected chi connectivity index (χ3v) is 3.65. The van der Waals surface area contributed by atoms with Crippen LogP contribution in [-0.2, 0) is 11.3 Å². The van der Waals surface area contributed by atoms with E-state index >= 15 is 0 Å². The number of nitrogens with one attached hydrogen (secondary N) is 2. The molecule has 2 amide bonds. The van der Waals surface area contributed by atoms with E-state index in [1.807, 2.05) is 10.8 Å². The molecule has 8 heteroatoms. The van der Waals surface area contributed by atoms with Crippen molar-refractivity contribution in [1.29, 1.82) is 0 Å². The largest absolute Gasteiger partial charge is 0.454 e. The number of furan rings is 1. The van der Waals surface area contributed by atoms with E-state index in [0.29, 0.717) is 31.4 Å². The standard InChI is InChI=1S/C18H26N4O4/c1-4-25-18(24)21-14(9-13(2)3)10-20-17(23)16-6-5-15(26-16)11-22-8-7-19-12-22/h5-8,12-14H,4,9-11H2,1-3H3,(H,20,23)(H,21,24). The zero-order valence-electron chi connectivity index (χ0n) is 15.4. The number of hydrogen-bond acceptors (Lipinski definition) is 5. The maximum atomic E-state index is 12.3. The van der Waals surface area contributed by atoms with Crippen molar-refractivity contribution in [2.75, 3.05) is 13.2 Å². The number of amides is 2. The highest BCUT2D eigenvalue weighted by Gasteiger charge is 2.18. The molecule has 0 saturated heterocycles. The summed E-state index contributed by atoms with van der Waals surface area (Å²) in [6.07, 6.45) is 5.43. The first kappa shape index (κ1) is 19.6. The molecule has 0 aliphatic rings. The summed E-state index contributed by atoms with van der Waals surface area (Å²) < 4.78 is 12.3. The Morgan fingerprint density at radius 3 is 2.81 bits per heavy atom. The number of alkyl carbamates (subject to hydrolysis) is 1. The molecule has 26 heavy (non-hydrogen) atoms. The van der Waals surface area contributed by atoms with Gasteiger partial charge in [0.05, 0.1) is 19.5 Å². The molecule has 8 nitrogen and oxygen atoms in total. The molecule has 142 valence electrons. The molecule has 0 radical (unpaired) electrons. The fourth-order valence-electron chi connectivity index (χ4n) is 2.55. The lowest BCUT2D eigenvalue weighted by Gasteiger charge is -2.20. The second-order valence-corrected chi connectivity index (χ2v) is 6.40. The second-order valence-electron chi connectivity index (χ2n) is 6.40. The lowest BCUT2D eigenvalue weighted by atomic mass is 10.0. The van der Waals surface area contributed by atoms with E-state index in [-0.39, 0.29) is 17.7 Å². The van der Waals surface area contributed by atoms with Crippen molar-refractivity contribution in [1.82, 2.24) is 20.2 Å². The highest BCUT2D eigenvalue weighted by molar-refractivity contribution is 5.91. The monoisotopic (exact) mass is 362 g/mol. The molecular formula is C18H26N4O4. The highest BCUT2D eigenvalue weighted by atomic mass is 16.5. The van der Waals surface area contributed by atoms with Crippen LogP contribution in [0.5, 0.6) is 0 Å². The summed E-state index contributed by atoms with van der Waals surface area (Å²) in [5.74, 6) is 0.946. The average molecular weight is 362 g/mol. The number of rotatable bonds is 9. The van der Waals surface area contributed by atoms with E-state index in [1.165, 1.54) is 0 Å². The summed E-state index contributed by atoms with van der Waals surface area (Å²) in [6.45, 7) is 6.96. The van der Waals surface area contributed by atoms with Gasteiger partial charge in [0.25, 0.3) is 5.91 Å². The molecule has 2 heterocycles.